The Morgan fingerprint density at radius 1 is 1.33 bits per heavy atom. The summed E-state index contributed by atoms with van der Waals surface area (Å²) >= 11 is 0. The van der Waals surface area contributed by atoms with Crippen molar-refractivity contribution in [1.82, 2.24) is 10.2 Å². The molecule has 80 valence electrons. The summed E-state index contributed by atoms with van der Waals surface area (Å²) in [6, 6.07) is 3.94. The molecule has 15 heavy (non-hydrogen) atoms. The molecule has 2 aromatic rings. The van der Waals surface area contributed by atoms with Crippen molar-refractivity contribution in [3.05, 3.63) is 35.0 Å². The van der Waals surface area contributed by atoms with Crippen LogP contribution >= 0.6 is 0 Å². The minimum absolute atomic E-state index is 0.690. The number of aromatic amines is 1. The highest BCUT2D eigenvalue weighted by Crippen LogP contribution is 2.17. The van der Waals surface area contributed by atoms with Crippen LogP contribution in [0, 0.1) is 20.8 Å². The van der Waals surface area contributed by atoms with E-state index in [1.807, 2.05) is 32.9 Å². The third-order valence-corrected chi connectivity index (χ3v) is 2.36. The van der Waals surface area contributed by atoms with E-state index >= 15 is 0 Å². The fraction of sp³-hybridized carbons (Fsp3) is 0.364. The van der Waals surface area contributed by atoms with Gasteiger partial charge in [0.2, 0.25) is 0 Å². The molecule has 4 nitrogen and oxygen atoms in total. The maximum atomic E-state index is 5.47. The summed E-state index contributed by atoms with van der Waals surface area (Å²) in [6.07, 6.45) is 0. The van der Waals surface area contributed by atoms with E-state index in [0.717, 1.165) is 28.6 Å². The molecule has 0 fully saturated rings. The minimum atomic E-state index is 0.690. The molecule has 0 aliphatic rings. The highest BCUT2D eigenvalue weighted by Gasteiger charge is 2.06. The first-order chi connectivity index (χ1) is 7.16. The minimum Gasteiger partial charge on any atom is -0.465 e. The first-order valence-electron chi connectivity index (χ1n) is 4.97. The first kappa shape index (κ1) is 9.83. The number of furan rings is 1. The van der Waals surface area contributed by atoms with Gasteiger partial charge in [-0.05, 0) is 32.9 Å². The molecule has 0 bridgehead atoms. The van der Waals surface area contributed by atoms with Crippen molar-refractivity contribution in [2.75, 3.05) is 5.32 Å². The first-order valence-corrected chi connectivity index (χ1v) is 4.97. The standard InChI is InChI=1S/C11H15N3O/c1-7-4-5-10(15-7)6-12-11-8(2)13-14-9(11)3/h4-5,12H,6H2,1-3H3,(H,13,14). The van der Waals surface area contributed by atoms with Gasteiger partial charge in [0.15, 0.2) is 0 Å². The number of nitrogens with zero attached hydrogens (tertiary/aromatic N) is 1. The van der Waals surface area contributed by atoms with Crippen molar-refractivity contribution in [2.45, 2.75) is 27.3 Å². The molecule has 0 spiro atoms. The molecule has 2 heterocycles. The Balaban J connectivity index is 2.05. The van der Waals surface area contributed by atoms with Crippen LogP contribution in [0.5, 0.6) is 0 Å². The molecule has 2 aromatic heterocycles. The zero-order chi connectivity index (χ0) is 10.8. The quantitative estimate of drug-likeness (QED) is 0.809. The molecule has 0 amide bonds. The van der Waals surface area contributed by atoms with Gasteiger partial charge in [0.1, 0.15) is 11.5 Å². The molecule has 0 aliphatic carbocycles. The third-order valence-electron chi connectivity index (χ3n) is 2.36. The number of aromatic nitrogens is 2. The topological polar surface area (TPSA) is 53.9 Å². The van der Waals surface area contributed by atoms with Gasteiger partial charge < -0.3 is 9.73 Å². The Labute approximate surface area is 88.7 Å². The zero-order valence-electron chi connectivity index (χ0n) is 9.22. The summed E-state index contributed by atoms with van der Waals surface area (Å²) < 4.78 is 5.47. The molecule has 0 saturated heterocycles. The Hall–Kier alpha value is -1.71. The lowest BCUT2D eigenvalue weighted by atomic mass is 10.3. The van der Waals surface area contributed by atoms with Gasteiger partial charge in [-0.2, -0.15) is 5.10 Å². The van der Waals surface area contributed by atoms with E-state index in [9.17, 15) is 0 Å². The zero-order valence-corrected chi connectivity index (χ0v) is 9.22. The number of nitrogens with one attached hydrogen (secondary N) is 2. The number of H-pyrrole nitrogens is 1. The van der Waals surface area contributed by atoms with E-state index in [1.165, 1.54) is 0 Å². The van der Waals surface area contributed by atoms with E-state index in [1.54, 1.807) is 0 Å². The molecule has 2 rings (SSSR count). The van der Waals surface area contributed by atoms with E-state index in [2.05, 4.69) is 15.5 Å². The molecule has 0 unspecified atom stereocenters. The van der Waals surface area contributed by atoms with Crippen molar-refractivity contribution in [3.8, 4) is 0 Å². The average Bonchev–Trinajstić information content (AvgIpc) is 2.73. The molecule has 0 atom stereocenters. The monoisotopic (exact) mass is 205 g/mol. The van der Waals surface area contributed by atoms with Gasteiger partial charge in [0.25, 0.3) is 0 Å². The van der Waals surface area contributed by atoms with Crippen molar-refractivity contribution in [2.24, 2.45) is 0 Å². The van der Waals surface area contributed by atoms with Gasteiger partial charge in [-0.1, -0.05) is 0 Å². The van der Waals surface area contributed by atoms with Gasteiger partial charge in [0, 0.05) is 0 Å². The largest absolute Gasteiger partial charge is 0.465 e. The summed E-state index contributed by atoms with van der Waals surface area (Å²) in [5, 5.41) is 10.4. The predicted molar refractivity (Wildman–Crippen MR) is 58.8 cm³/mol. The number of anilines is 1. The van der Waals surface area contributed by atoms with Crippen LogP contribution in [0.2, 0.25) is 0 Å². The molecule has 0 saturated carbocycles. The normalized spacial score (nSPS) is 10.6. The summed E-state index contributed by atoms with van der Waals surface area (Å²) in [5.41, 5.74) is 3.09. The lowest BCUT2D eigenvalue weighted by Gasteiger charge is -2.03. The van der Waals surface area contributed by atoms with E-state index in [0.29, 0.717) is 6.54 Å². The van der Waals surface area contributed by atoms with Gasteiger partial charge >= 0.3 is 0 Å². The Morgan fingerprint density at radius 3 is 2.67 bits per heavy atom. The molecule has 0 radical (unpaired) electrons. The second-order valence-corrected chi connectivity index (χ2v) is 3.67. The fourth-order valence-corrected chi connectivity index (χ4v) is 1.57. The molecule has 4 heteroatoms. The summed E-state index contributed by atoms with van der Waals surface area (Å²) in [4.78, 5) is 0. The van der Waals surface area contributed by atoms with Crippen LogP contribution in [0.3, 0.4) is 0 Å². The molecular formula is C11H15N3O. The fourth-order valence-electron chi connectivity index (χ4n) is 1.57. The van der Waals surface area contributed by atoms with Crippen LogP contribution in [-0.4, -0.2) is 10.2 Å². The molecule has 0 aliphatic heterocycles. The lowest BCUT2D eigenvalue weighted by molar-refractivity contribution is 0.490. The van der Waals surface area contributed by atoms with Gasteiger partial charge in [-0.15, -0.1) is 0 Å². The van der Waals surface area contributed by atoms with Gasteiger partial charge in [0.05, 0.1) is 23.6 Å². The van der Waals surface area contributed by atoms with Crippen LogP contribution in [0.15, 0.2) is 16.5 Å². The van der Waals surface area contributed by atoms with E-state index < -0.39 is 0 Å². The van der Waals surface area contributed by atoms with E-state index in [4.69, 9.17) is 4.42 Å². The number of hydrogen-bond donors (Lipinski definition) is 2. The van der Waals surface area contributed by atoms with Crippen molar-refractivity contribution in [1.29, 1.82) is 0 Å². The van der Waals surface area contributed by atoms with Crippen LogP contribution < -0.4 is 5.32 Å². The summed E-state index contributed by atoms with van der Waals surface area (Å²) in [7, 11) is 0. The van der Waals surface area contributed by atoms with E-state index in [-0.39, 0.29) is 0 Å². The third kappa shape index (κ3) is 2.03. The highest BCUT2D eigenvalue weighted by atomic mass is 16.3. The van der Waals surface area contributed by atoms with Gasteiger partial charge in [-0.25, -0.2) is 0 Å². The second-order valence-electron chi connectivity index (χ2n) is 3.67. The maximum Gasteiger partial charge on any atom is 0.123 e. The average molecular weight is 205 g/mol. The Bertz CT molecular complexity index is 437. The van der Waals surface area contributed by atoms with Crippen LogP contribution in [-0.2, 0) is 6.54 Å². The van der Waals surface area contributed by atoms with Crippen molar-refractivity contribution >= 4 is 5.69 Å². The Kier molecular flexibility index (Phi) is 2.49. The van der Waals surface area contributed by atoms with Crippen LogP contribution in [0.1, 0.15) is 22.9 Å². The SMILES string of the molecule is Cc1ccc(CNc2c(C)n[nH]c2C)o1. The van der Waals surface area contributed by atoms with Crippen molar-refractivity contribution in [3.63, 3.8) is 0 Å². The smallest absolute Gasteiger partial charge is 0.123 e. The molecule has 2 N–H and O–H groups in total. The molecule has 0 aromatic carbocycles. The predicted octanol–water partition coefficient (Wildman–Crippen LogP) is 2.54. The number of hydrogen-bond acceptors (Lipinski definition) is 3. The summed E-state index contributed by atoms with van der Waals surface area (Å²) in [6.45, 7) is 6.60. The maximum absolute atomic E-state index is 5.47. The van der Waals surface area contributed by atoms with Crippen molar-refractivity contribution < 1.29 is 4.42 Å². The van der Waals surface area contributed by atoms with Gasteiger partial charge in [-0.3, -0.25) is 5.10 Å². The number of aryl methyl sites for hydroxylation is 3. The molecular weight excluding hydrogens is 190 g/mol. The van der Waals surface area contributed by atoms with Crippen LogP contribution in [0.4, 0.5) is 5.69 Å². The number of rotatable bonds is 3. The second kappa shape index (κ2) is 3.81. The Morgan fingerprint density at radius 2 is 2.13 bits per heavy atom. The highest BCUT2D eigenvalue weighted by molar-refractivity contribution is 5.51. The van der Waals surface area contributed by atoms with Crippen LogP contribution in [0.25, 0.3) is 0 Å². The lowest BCUT2D eigenvalue weighted by Crippen LogP contribution is -1.99. The summed E-state index contributed by atoms with van der Waals surface area (Å²) in [5.74, 6) is 1.87.